The molecule has 0 unspecified atom stereocenters. The topological polar surface area (TPSA) is 46.9 Å². The van der Waals surface area contributed by atoms with Crippen LogP contribution in [0.5, 0.6) is 0 Å². The van der Waals surface area contributed by atoms with Crippen molar-refractivity contribution in [3.63, 3.8) is 0 Å². The summed E-state index contributed by atoms with van der Waals surface area (Å²) in [7, 11) is 0. The van der Waals surface area contributed by atoms with Crippen LogP contribution in [0.1, 0.15) is 37.1 Å². The van der Waals surface area contributed by atoms with Gasteiger partial charge in [-0.2, -0.15) is 18.3 Å². The molecule has 18 heavy (non-hydrogen) atoms. The monoisotopic (exact) mass is 261 g/mol. The molecule has 1 amide bonds. The van der Waals surface area contributed by atoms with E-state index in [0.29, 0.717) is 12.2 Å². The minimum absolute atomic E-state index is 0.114. The van der Waals surface area contributed by atoms with Crippen LogP contribution in [0, 0.1) is 0 Å². The van der Waals surface area contributed by atoms with Gasteiger partial charge in [0.2, 0.25) is 5.91 Å². The maximum atomic E-state index is 12.6. The Bertz CT molecular complexity index is 449. The third kappa shape index (κ3) is 2.83. The van der Waals surface area contributed by atoms with Crippen molar-refractivity contribution >= 4 is 5.91 Å². The fourth-order valence-corrected chi connectivity index (χ4v) is 1.79. The van der Waals surface area contributed by atoms with Gasteiger partial charge in [-0.3, -0.25) is 9.48 Å². The van der Waals surface area contributed by atoms with Crippen molar-refractivity contribution in [2.24, 2.45) is 0 Å². The van der Waals surface area contributed by atoms with Crippen LogP contribution < -0.4 is 5.32 Å². The second-order valence-electron chi connectivity index (χ2n) is 4.34. The van der Waals surface area contributed by atoms with Crippen LogP contribution in [0.3, 0.4) is 0 Å². The van der Waals surface area contributed by atoms with Gasteiger partial charge in [-0.05, 0) is 25.8 Å². The Morgan fingerprint density at radius 3 is 2.72 bits per heavy atom. The number of nitrogens with one attached hydrogen (secondary N) is 1. The highest BCUT2D eigenvalue weighted by atomic mass is 19.4. The van der Waals surface area contributed by atoms with E-state index in [4.69, 9.17) is 0 Å². The van der Waals surface area contributed by atoms with Crippen LogP contribution in [0.4, 0.5) is 13.2 Å². The lowest BCUT2D eigenvalue weighted by Crippen LogP contribution is -2.28. The van der Waals surface area contributed by atoms with Gasteiger partial charge in [0.1, 0.15) is 6.54 Å². The third-order valence-corrected chi connectivity index (χ3v) is 2.76. The number of amides is 1. The predicted octanol–water partition coefficient (Wildman–Crippen LogP) is 1.92. The van der Waals surface area contributed by atoms with E-state index in [1.54, 1.807) is 6.92 Å². The van der Waals surface area contributed by atoms with E-state index in [9.17, 15) is 18.0 Å². The molecule has 1 saturated carbocycles. The van der Waals surface area contributed by atoms with Gasteiger partial charge in [0.15, 0.2) is 5.69 Å². The molecule has 0 aromatic carbocycles. The van der Waals surface area contributed by atoms with Crippen molar-refractivity contribution < 1.29 is 18.0 Å². The Hall–Kier alpha value is -1.53. The van der Waals surface area contributed by atoms with E-state index in [-0.39, 0.29) is 18.4 Å². The average Bonchev–Trinajstić information content (AvgIpc) is 2.99. The normalized spacial score (nSPS) is 15.8. The van der Waals surface area contributed by atoms with Crippen LogP contribution in [-0.2, 0) is 17.5 Å². The number of rotatable bonds is 4. The summed E-state index contributed by atoms with van der Waals surface area (Å²) in [4.78, 5) is 11.4. The molecule has 0 spiro atoms. The van der Waals surface area contributed by atoms with Crippen LogP contribution in [0.2, 0.25) is 0 Å². The molecule has 0 atom stereocenters. The molecular weight excluding hydrogens is 247 g/mol. The standard InChI is InChI=1S/C11H14F3N3O/c1-2-15-10(18)6-17-8(7-3-4-7)5-9(16-17)11(12,13)14/h5,7H,2-4,6H2,1H3,(H,15,18). The number of hydrogen-bond acceptors (Lipinski definition) is 2. The van der Waals surface area contributed by atoms with E-state index >= 15 is 0 Å². The van der Waals surface area contributed by atoms with Crippen molar-refractivity contribution in [3.05, 3.63) is 17.5 Å². The first-order chi connectivity index (χ1) is 8.41. The van der Waals surface area contributed by atoms with Crippen molar-refractivity contribution in [1.29, 1.82) is 0 Å². The molecule has 1 aromatic rings. The van der Waals surface area contributed by atoms with Crippen LogP contribution >= 0.6 is 0 Å². The summed E-state index contributed by atoms with van der Waals surface area (Å²) in [5.41, 5.74) is -0.415. The van der Waals surface area contributed by atoms with Gasteiger partial charge < -0.3 is 5.32 Å². The summed E-state index contributed by atoms with van der Waals surface area (Å²) in [6.07, 6.45) is -2.74. The number of hydrogen-bond donors (Lipinski definition) is 1. The smallest absolute Gasteiger partial charge is 0.355 e. The number of likely N-dealkylation sites (N-methyl/N-ethyl adjacent to an activating group) is 1. The number of nitrogens with zero attached hydrogens (tertiary/aromatic N) is 2. The molecule has 0 aliphatic heterocycles. The van der Waals surface area contributed by atoms with Gasteiger partial charge in [-0.1, -0.05) is 0 Å². The lowest BCUT2D eigenvalue weighted by atomic mass is 10.2. The highest BCUT2D eigenvalue weighted by molar-refractivity contribution is 5.75. The van der Waals surface area contributed by atoms with E-state index in [0.717, 1.165) is 18.9 Å². The van der Waals surface area contributed by atoms with Crippen molar-refractivity contribution in [2.75, 3.05) is 6.54 Å². The zero-order valence-corrected chi connectivity index (χ0v) is 9.92. The minimum atomic E-state index is -4.46. The van der Waals surface area contributed by atoms with Gasteiger partial charge in [-0.15, -0.1) is 0 Å². The Morgan fingerprint density at radius 1 is 1.56 bits per heavy atom. The van der Waals surface area contributed by atoms with Crippen LogP contribution in [0.25, 0.3) is 0 Å². The third-order valence-electron chi connectivity index (χ3n) is 2.76. The van der Waals surface area contributed by atoms with Gasteiger partial charge in [0.05, 0.1) is 0 Å². The molecule has 1 N–H and O–H groups in total. The second-order valence-corrected chi connectivity index (χ2v) is 4.34. The summed E-state index contributed by atoms with van der Waals surface area (Å²) >= 11 is 0. The molecule has 0 saturated heterocycles. The molecule has 4 nitrogen and oxygen atoms in total. The van der Waals surface area contributed by atoms with Gasteiger partial charge >= 0.3 is 6.18 Å². The number of aromatic nitrogens is 2. The van der Waals surface area contributed by atoms with Crippen molar-refractivity contribution in [3.8, 4) is 0 Å². The lowest BCUT2D eigenvalue weighted by molar-refractivity contribution is -0.141. The Balaban J connectivity index is 2.22. The molecule has 1 aliphatic carbocycles. The highest BCUT2D eigenvalue weighted by Gasteiger charge is 2.37. The Labute approximate surface area is 102 Å². The fourth-order valence-electron chi connectivity index (χ4n) is 1.79. The summed E-state index contributed by atoms with van der Waals surface area (Å²) in [5.74, 6) is -0.209. The summed E-state index contributed by atoms with van der Waals surface area (Å²) < 4.78 is 38.9. The largest absolute Gasteiger partial charge is 0.435 e. The summed E-state index contributed by atoms with van der Waals surface area (Å²) in [5, 5.41) is 6.04. The van der Waals surface area contributed by atoms with E-state index in [1.165, 1.54) is 4.68 Å². The zero-order valence-electron chi connectivity index (χ0n) is 9.92. The predicted molar refractivity (Wildman–Crippen MR) is 57.9 cm³/mol. The van der Waals surface area contributed by atoms with E-state index in [1.807, 2.05) is 0 Å². The fraction of sp³-hybridized carbons (Fsp3) is 0.636. The molecule has 2 rings (SSSR count). The zero-order chi connectivity index (χ0) is 13.3. The van der Waals surface area contributed by atoms with Crippen molar-refractivity contribution in [1.82, 2.24) is 15.1 Å². The number of carbonyl (C=O) groups excluding carboxylic acids is 1. The molecule has 0 radical (unpaired) electrons. The number of halogens is 3. The van der Waals surface area contributed by atoms with Gasteiger partial charge in [-0.25, -0.2) is 0 Å². The Morgan fingerprint density at radius 2 is 2.22 bits per heavy atom. The molecule has 0 bridgehead atoms. The molecule has 7 heteroatoms. The summed E-state index contributed by atoms with van der Waals surface area (Å²) in [6.45, 7) is 2.05. The first-order valence-corrected chi connectivity index (χ1v) is 5.83. The molecular formula is C11H14F3N3O. The maximum Gasteiger partial charge on any atom is 0.435 e. The molecule has 1 heterocycles. The van der Waals surface area contributed by atoms with E-state index < -0.39 is 11.9 Å². The molecule has 1 aliphatic rings. The maximum absolute atomic E-state index is 12.6. The quantitative estimate of drug-likeness (QED) is 0.900. The number of alkyl halides is 3. The Kier molecular flexibility index (Phi) is 3.32. The second kappa shape index (κ2) is 4.62. The molecule has 1 aromatic heterocycles. The molecule has 100 valence electrons. The first-order valence-electron chi connectivity index (χ1n) is 5.83. The number of carbonyl (C=O) groups is 1. The van der Waals surface area contributed by atoms with Crippen LogP contribution in [0.15, 0.2) is 6.07 Å². The minimum Gasteiger partial charge on any atom is -0.355 e. The van der Waals surface area contributed by atoms with Gasteiger partial charge in [0, 0.05) is 18.2 Å². The lowest BCUT2D eigenvalue weighted by Gasteiger charge is -2.06. The average molecular weight is 261 g/mol. The SMILES string of the molecule is CCNC(=O)Cn1nc(C(F)(F)F)cc1C1CC1. The first kappa shape index (κ1) is 12.9. The van der Waals surface area contributed by atoms with Crippen LogP contribution in [-0.4, -0.2) is 22.2 Å². The van der Waals surface area contributed by atoms with Gasteiger partial charge in [0.25, 0.3) is 0 Å². The summed E-state index contributed by atoms with van der Waals surface area (Å²) in [6, 6.07) is 1.05. The highest BCUT2D eigenvalue weighted by Crippen LogP contribution is 2.42. The van der Waals surface area contributed by atoms with Crippen molar-refractivity contribution in [2.45, 2.75) is 38.4 Å². The molecule has 1 fully saturated rings. The van der Waals surface area contributed by atoms with E-state index in [2.05, 4.69) is 10.4 Å².